The summed E-state index contributed by atoms with van der Waals surface area (Å²) in [4.78, 5) is 14.7. The van der Waals surface area contributed by atoms with E-state index in [1.54, 1.807) is 36.4 Å². The molecule has 2 aromatic rings. The van der Waals surface area contributed by atoms with Gasteiger partial charge < -0.3 is 5.32 Å². The van der Waals surface area contributed by atoms with Crippen molar-refractivity contribution in [3.63, 3.8) is 0 Å². The summed E-state index contributed by atoms with van der Waals surface area (Å²) in [7, 11) is -4.02. The lowest BCUT2D eigenvalue weighted by Gasteiger charge is -2.49. The Balaban J connectivity index is 0.000000199. The fourth-order valence-corrected chi connectivity index (χ4v) is 4.70. The summed E-state index contributed by atoms with van der Waals surface area (Å²) >= 11 is 5.84. The molecule has 0 saturated carbocycles. The highest BCUT2D eigenvalue weighted by Crippen LogP contribution is 2.32. The molecule has 3 aliphatic rings. The number of amides is 1. The van der Waals surface area contributed by atoms with Gasteiger partial charge in [-0.1, -0.05) is 29.3 Å². The van der Waals surface area contributed by atoms with Gasteiger partial charge in [0.05, 0.1) is 4.90 Å². The Morgan fingerprint density at radius 2 is 1.63 bits per heavy atom. The van der Waals surface area contributed by atoms with E-state index in [0.29, 0.717) is 22.5 Å². The first-order chi connectivity index (χ1) is 14.1. The number of nitrogens with one attached hydrogen (secondary N) is 1. The Labute approximate surface area is 183 Å². The average Bonchev–Trinajstić information content (AvgIpc) is 2.71. The standard InChI is InChI=1S/C15H19ClN2O.C7H8O3S/c1-10-14(11-6-8-18(10)9-7-11)17-15(19)12-2-4-13(16)5-3-12;1-6-2-4-7(5-3-6)11(8,9)10/h2-5,10-11,14H,6-9H2,1H3,(H,17,19);2-5H,1H3,(H,8,9,10). The molecular formula is C22H27ClN2O4S. The molecule has 3 heterocycles. The zero-order valence-electron chi connectivity index (χ0n) is 17.1. The highest BCUT2D eigenvalue weighted by atomic mass is 35.5. The third-order valence-corrected chi connectivity index (χ3v) is 7.02. The molecule has 2 N–H and O–H groups in total. The van der Waals surface area contributed by atoms with Gasteiger partial charge in [0.15, 0.2) is 0 Å². The summed E-state index contributed by atoms with van der Waals surface area (Å²) in [5.74, 6) is 0.651. The van der Waals surface area contributed by atoms with E-state index in [4.69, 9.17) is 16.2 Å². The molecule has 3 saturated heterocycles. The molecule has 8 heteroatoms. The summed E-state index contributed by atoms with van der Waals surface area (Å²) < 4.78 is 29.6. The first-order valence-electron chi connectivity index (χ1n) is 10.00. The molecule has 30 heavy (non-hydrogen) atoms. The Morgan fingerprint density at radius 1 is 1.07 bits per heavy atom. The first kappa shape index (κ1) is 22.7. The van der Waals surface area contributed by atoms with Crippen molar-refractivity contribution in [2.45, 2.75) is 43.7 Å². The number of benzene rings is 2. The van der Waals surface area contributed by atoms with E-state index in [1.165, 1.54) is 38.1 Å². The van der Waals surface area contributed by atoms with Crippen LogP contribution in [0.5, 0.6) is 0 Å². The van der Waals surface area contributed by atoms with E-state index < -0.39 is 10.1 Å². The Bertz CT molecular complexity index is 967. The zero-order valence-corrected chi connectivity index (χ0v) is 18.7. The number of hydrogen-bond acceptors (Lipinski definition) is 4. The normalized spacial score (nSPS) is 25.2. The molecule has 6 nitrogen and oxygen atoms in total. The van der Waals surface area contributed by atoms with E-state index in [2.05, 4.69) is 17.1 Å². The third-order valence-electron chi connectivity index (χ3n) is 5.90. The number of fused-ring (bicyclic) bond motifs is 3. The lowest BCUT2D eigenvalue weighted by Crippen LogP contribution is -2.62. The number of carbonyl (C=O) groups excluding carboxylic acids is 1. The molecule has 162 valence electrons. The van der Waals surface area contributed by atoms with Crippen LogP contribution in [0.1, 0.15) is 35.7 Å². The van der Waals surface area contributed by atoms with Crippen LogP contribution in [-0.4, -0.2) is 49.0 Å². The van der Waals surface area contributed by atoms with Crippen molar-refractivity contribution in [3.05, 3.63) is 64.7 Å². The van der Waals surface area contributed by atoms with E-state index in [-0.39, 0.29) is 16.8 Å². The summed E-state index contributed by atoms with van der Waals surface area (Å²) in [5, 5.41) is 3.87. The van der Waals surface area contributed by atoms with Gasteiger partial charge >= 0.3 is 0 Å². The molecule has 0 radical (unpaired) electrons. The summed E-state index contributed by atoms with van der Waals surface area (Å²) in [6.45, 7) is 6.42. The third kappa shape index (κ3) is 5.60. The van der Waals surface area contributed by atoms with Gasteiger partial charge in [-0.05, 0) is 82.1 Å². The van der Waals surface area contributed by atoms with E-state index in [1.807, 2.05) is 6.92 Å². The van der Waals surface area contributed by atoms with Crippen LogP contribution in [0.25, 0.3) is 0 Å². The molecule has 1 amide bonds. The quantitative estimate of drug-likeness (QED) is 0.694. The minimum atomic E-state index is -4.02. The van der Waals surface area contributed by atoms with Crippen molar-refractivity contribution < 1.29 is 17.8 Å². The van der Waals surface area contributed by atoms with Crippen LogP contribution in [-0.2, 0) is 10.1 Å². The maximum absolute atomic E-state index is 12.3. The van der Waals surface area contributed by atoms with Crippen molar-refractivity contribution in [1.29, 1.82) is 0 Å². The fourth-order valence-electron chi connectivity index (χ4n) is 4.09. The number of halogens is 1. The predicted molar refractivity (Wildman–Crippen MR) is 117 cm³/mol. The van der Waals surface area contributed by atoms with Crippen molar-refractivity contribution >= 4 is 27.6 Å². The van der Waals surface area contributed by atoms with Gasteiger partial charge in [0, 0.05) is 22.7 Å². The average molecular weight is 451 g/mol. The Kier molecular flexibility index (Phi) is 7.18. The van der Waals surface area contributed by atoms with E-state index >= 15 is 0 Å². The van der Waals surface area contributed by atoms with E-state index in [0.717, 1.165) is 5.56 Å². The van der Waals surface area contributed by atoms with Crippen molar-refractivity contribution in [3.8, 4) is 0 Å². The maximum atomic E-state index is 12.3. The number of aryl methyl sites for hydroxylation is 1. The lowest BCUT2D eigenvalue weighted by atomic mass is 9.79. The Morgan fingerprint density at radius 3 is 2.13 bits per heavy atom. The molecule has 2 unspecified atom stereocenters. The summed E-state index contributed by atoms with van der Waals surface area (Å²) in [6.07, 6.45) is 2.41. The minimum absolute atomic E-state index is 0.0160. The molecule has 0 spiro atoms. The summed E-state index contributed by atoms with van der Waals surface area (Å²) in [6, 6.07) is 13.8. The molecule has 0 aromatic heterocycles. The van der Waals surface area contributed by atoms with Gasteiger partial charge in [-0.2, -0.15) is 8.42 Å². The maximum Gasteiger partial charge on any atom is 0.294 e. The SMILES string of the molecule is CC1C(NC(=O)c2ccc(Cl)cc2)C2CCN1CC2.Cc1ccc(S(=O)(=O)O)cc1. The van der Waals surface area contributed by atoms with Crippen molar-refractivity contribution in [2.24, 2.45) is 5.92 Å². The molecule has 5 rings (SSSR count). The van der Waals surface area contributed by atoms with Crippen LogP contribution in [0, 0.1) is 12.8 Å². The Hall–Kier alpha value is -1.93. The first-order valence-corrected chi connectivity index (χ1v) is 11.8. The summed E-state index contributed by atoms with van der Waals surface area (Å²) in [5.41, 5.74) is 1.64. The van der Waals surface area contributed by atoms with Gasteiger partial charge in [0.1, 0.15) is 0 Å². The topological polar surface area (TPSA) is 86.7 Å². The van der Waals surface area contributed by atoms with E-state index in [9.17, 15) is 13.2 Å². The molecule has 0 aliphatic carbocycles. The van der Waals surface area contributed by atoms with Crippen LogP contribution in [0.4, 0.5) is 0 Å². The molecule has 2 atom stereocenters. The molecule has 3 fully saturated rings. The van der Waals surface area contributed by atoms with Gasteiger partial charge in [-0.15, -0.1) is 0 Å². The minimum Gasteiger partial charge on any atom is -0.347 e. The number of hydrogen-bond donors (Lipinski definition) is 2. The monoisotopic (exact) mass is 450 g/mol. The molecule has 3 aliphatic heterocycles. The largest absolute Gasteiger partial charge is 0.347 e. The molecular weight excluding hydrogens is 424 g/mol. The van der Waals surface area contributed by atoms with Gasteiger partial charge in [0.25, 0.3) is 16.0 Å². The fraction of sp³-hybridized carbons (Fsp3) is 0.409. The number of piperidine rings is 3. The van der Waals surface area contributed by atoms with Gasteiger partial charge in [-0.3, -0.25) is 14.2 Å². The zero-order chi connectivity index (χ0) is 21.9. The van der Waals surface area contributed by atoms with Crippen LogP contribution in [0.3, 0.4) is 0 Å². The van der Waals surface area contributed by atoms with Crippen LogP contribution in [0.2, 0.25) is 5.02 Å². The van der Waals surface area contributed by atoms with Gasteiger partial charge in [-0.25, -0.2) is 0 Å². The highest BCUT2D eigenvalue weighted by molar-refractivity contribution is 7.85. The van der Waals surface area contributed by atoms with Crippen molar-refractivity contribution in [2.75, 3.05) is 13.1 Å². The number of nitrogens with zero attached hydrogens (tertiary/aromatic N) is 1. The second kappa shape index (κ2) is 9.47. The molecule has 2 bridgehead atoms. The van der Waals surface area contributed by atoms with Crippen molar-refractivity contribution in [1.82, 2.24) is 10.2 Å². The van der Waals surface area contributed by atoms with Crippen LogP contribution < -0.4 is 5.32 Å². The van der Waals surface area contributed by atoms with Crippen LogP contribution >= 0.6 is 11.6 Å². The smallest absolute Gasteiger partial charge is 0.294 e. The lowest BCUT2D eigenvalue weighted by molar-refractivity contribution is 0.0217. The predicted octanol–water partition coefficient (Wildman–Crippen LogP) is 3.79. The number of rotatable bonds is 3. The molecule has 2 aromatic carbocycles. The second-order valence-corrected chi connectivity index (χ2v) is 9.77. The second-order valence-electron chi connectivity index (χ2n) is 7.91. The number of carbonyl (C=O) groups is 1. The van der Waals surface area contributed by atoms with Gasteiger partial charge in [0.2, 0.25) is 0 Å². The highest BCUT2D eigenvalue weighted by Gasteiger charge is 2.40. The van der Waals surface area contributed by atoms with Crippen LogP contribution in [0.15, 0.2) is 53.4 Å².